The van der Waals surface area contributed by atoms with Gasteiger partial charge in [0.05, 0.1) is 12.6 Å². The molecule has 0 spiro atoms. The molecular formula is C17H25N3O3. The van der Waals surface area contributed by atoms with Crippen LogP contribution in [0.1, 0.15) is 29.5 Å². The second-order valence-corrected chi connectivity index (χ2v) is 6.02. The number of hydrogen-bond acceptors (Lipinski definition) is 3. The maximum Gasteiger partial charge on any atom is 0.315 e. The second-order valence-electron chi connectivity index (χ2n) is 6.02. The Kier molecular flexibility index (Phi) is 5.98. The lowest BCUT2D eigenvalue weighted by Gasteiger charge is -2.14. The molecule has 3 amide bonds. The van der Waals surface area contributed by atoms with Crippen LogP contribution >= 0.6 is 0 Å². The number of benzene rings is 1. The fourth-order valence-electron chi connectivity index (χ4n) is 2.80. The van der Waals surface area contributed by atoms with E-state index in [-0.39, 0.29) is 24.6 Å². The molecule has 0 aliphatic carbocycles. The van der Waals surface area contributed by atoms with Crippen molar-refractivity contribution in [1.82, 2.24) is 10.6 Å². The zero-order valence-corrected chi connectivity index (χ0v) is 14.0. The number of anilines is 1. The molecule has 0 bridgehead atoms. The smallest absolute Gasteiger partial charge is 0.315 e. The summed E-state index contributed by atoms with van der Waals surface area (Å²) in [6, 6.07) is 3.68. The molecule has 3 N–H and O–H groups in total. The molecule has 6 heteroatoms. The Morgan fingerprint density at radius 2 is 1.87 bits per heavy atom. The molecule has 1 saturated heterocycles. The van der Waals surface area contributed by atoms with Gasteiger partial charge in [-0.15, -0.1) is 0 Å². The predicted molar refractivity (Wildman–Crippen MR) is 89.7 cm³/mol. The minimum atomic E-state index is -0.354. The second kappa shape index (κ2) is 7.97. The van der Waals surface area contributed by atoms with Crippen LogP contribution in [0.15, 0.2) is 12.1 Å². The number of amides is 3. The third kappa shape index (κ3) is 5.25. The van der Waals surface area contributed by atoms with Gasteiger partial charge in [-0.05, 0) is 44.7 Å². The molecule has 23 heavy (non-hydrogen) atoms. The molecule has 1 atom stereocenters. The lowest BCUT2D eigenvalue weighted by Crippen LogP contribution is -2.42. The summed E-state index contributed by atoms with van der Waals surface area (Å²) in [6.07, 6.45) is 2.09. The van der Waals surface area contributed by atoms with Gasteiger partial charge in [-0.1, -0.05) is 17.7 Å². The first kappa shape index (κ1) is 17.3. The number of nitrogens with one attached hydrogen (secondary N) is 3. The topological polar surface area (TPSA) is 79.5 Å². The predicted octanol–water partition coefficient (Wildman–Crippen LogP) is 2.03. The van der Waals surface area contributed by atoms with Gasteiger partial charge >= 0.3 is 6.03 Å². The van der Waals surface area contributed by atoms with Crippen molar-refractivity contribution >= 4 is 17.6 Å². The fraction of sp³-hybridized carbons (Fsp3) is 0.529. The van der Waals surface area contributed by atoms with Crippen molar-refractivity contribution in [2.75, 3.05) is 25.0 Å². The molecule has 1 aromatic rings. The van der Waals surface area contributed by atoms with Crippen LogP contribution in [0.4, 0.5) is 10.5 Å². The monoisotopic (exact) mass is 319 g/mol. The van der Waals surface area contributed by atoms with Gasteiger partial charge in [-0.2, -0.15) is 0 Å². The van der Waals surface area contributed by atoms with Crippen LogP contribution in [0.2, 0.25) is 0 Å². The highest BCUT2D eigenvalue weighted by molar-refractivity contribution is 5.95. The van der Waals surface area contributed by atoms with Gasteiger partial charge in [0.2, 0.25) is 5.91 Å². The van der Waals surface area contributed by atoms with E-state index in [1.807, 2.05) is 32.9 Å². The first-order chi connectivity index (χ1) is 11.0. The zero-order chi connectivity index (χ0) is 16.8. The van der Waals surface area contributed by atoms with E-state index in [1.54, 1.807) is 0 Å². The normalized spacial score (nSPS) is 16.9. The Bertz CT molecular complexity index is 557. The molecule has 0 saturated carbocycles. The summed E-state index contributed by atoms with van der Waals surface area (Å²) >= 11 is 0. The maximum absolute atomic E-state index is 12.0. The average Bonchev–Trinajstić information content (AvgIpc) is 3.00. The van der Waals surface area contributed by atoms with Crippen molar-refractivity contribution in [2.24, 2.45) is 0 Å². The van der Waals surface area contributed by atoms with Crippen molar-refractivity contribution in [2.45, 2.75) is 39.7 Å². The van der Waals surface area contributed by atoms with E-state index < -0.39 is 0 Å². The third-order valence-electron chi connectivity index (χ3n) is 3.87. The third-order valence-corrected chi connectivity index (χ3v) is 3.87. The number of carbonyl (C=O) groups is 2. The zero-order valence-electron chi connectivity index (χ0n) is 14.0. The number of rotatable bonds is 5. The highest BCUT2D eigenvalue weighted by Gasteiger charge is 2.16. The summed E-state index contributed by atoms with van der Waals surface area (Å²) in [7, 11) is 0. The molecule has 1 heterocycles. The van der Waals surface area contributed by atoms with Crippen LogP contribution in [0.5, 0.6) is 0 Å². The maximum atomic E-state index is 12.0. The minimum absolute atomic E-state index is 0.0654. The van der Waals surface area contributed by atoms with Crippen LogP contribution in [0, 0.1) is 20.8 Å². The van der Waals surface area contributed by atoms with Crippen molar-refractivity contribution < 1.29 is 14.3 Å². The van der Waals surface area contributed by atoms with Gasteiger partial charge < -0.3 is 20.7 Å². The number of carbonyl (C=O) groups excluding carboxylic acids is 2. The van der Waals surface area contributed by atoms with E-state index in [4.69, 9.17) is 4.74 Å². The highest BCUT2D eigenvalue weighted by atomic mass is 16.5. The van der Waals surface area contributed by atoms with Crippen molar-refractivity contribution in [3.63, 3.8) is 0 Å². The highest BCUT2D eigenvalue weighted by Crippen LogP contribution is 2.21. The molecule has 1 aromatic carbocycles. The molecule has 1 aliphatic rings. The molecule has 0 aromatic heterocycles. The molecule has 1 aliphatic heterocycles. The van der Waals surface area contributed by atoms with Gasteiger partial charge in [-0.25, -0.2) is 4.79 Å². The average molecular weight is 319 g/mol. The van der Waals surface area contributed by atoms with Crippen LogP contribution < -0.4 is 16.0 Å². The fourth-order valence-corrected chi connectivity index (χ4v) is 2.80. The van der Waals surface area contributed by atoms with E-state index in [1.165, 1.54) is 0 Å². The van der Waals surface area contributed by atoms with Crippen LogP contribution in [0.25, 0.3) is 0 Å². The summed E-state index contributed by atoms with van der Waals surface area (Å²) < 4.78 is 5.42. The Balaban J connectivity index is 1.75. The van der Waals surface area contributed by atoms with Crippen LogP contribution in [0.3, 0.4) is 0 Å². The first-order valence-corrected chi connectivity index (χ1v) is 7.96. The number of aryl methyl sites for hydroxylation is 3. The number of hydrogen-bond donors (Lipinski definition) is 3. The van der Waals surface area contributed by atoms with Gasteiger partial charge in [0, 0.05) is 18.8 Å². The summed E-state index contributed by atoms with van der Waals surface area (Å²) in [6.45, 7) is 7.10. The van der Waals surface area contributed by atoms with Gasteiger partial charge in [0.25, 0.3) is 0 Å². The van der Waals surface area contributed by atoms with E-state index >= 15 is 0 Å². The van der Waals surface area contributed by atoms with Crippen molar-refractivity contribution in [3.05, 3.63) is 28.8 Å². The van der Waals surface area contributed by atoms with Crippen LogP contribution in [-0.4, -0.2) is 37.7 Å². The minimum Gasteiger partial charge on any atom is -0.376 e. The van der Waals surface area contributed by atoms with Gasteiger partial charge in [0.1, 0.15) is 0 Å². The van der Waals surface area contributed by atoms with E-state index in [2.05, 4.69) is 16.0 Å². The Labute approximate surface area is 137 Å². The largest absolute Gasteiger partial charge is 0.376 e. The summed E-state index contributed by atoms with van der Waals surface area (Å²) in [5.41, 5.74) is 3.99. The van der Waals surface area contributed by atoms with E-state index in [9.17, 15) is 9.59 Å². The standard InChI is InChI=1S/C17H25N3O3/c1-11-7-12(2)16(13(3)8-11)20-15(21)10-19-17(22)18-9-14-5-4-6-23-14/h7-8,14H,4-6,9-10H2,1-3H3,(H,20,21)(H2,18,19,22). The number of ether oxygens (including phenoxy) is 1. The number of urea groups is 1. The molecule has 6 nitrogen and oxygen atoms in total. The SMILES string of the molecule is Cc1cc(C)c(NC(=O)CNC(=O)NCC2CCCO2)c(C)c1. The summed E-state index contributed by atoms with van der Waals surface area (Å²) in [5.74, 6) is -0.243. The molecule has 126 valence electrons. The Morgan fingerprint density at radius 1 is 1.17 bits per heavy atom. The molecule has 2 rings (SSSR count). The van der Waals surface area contributed by atoms with E-state index in [0.29, 0.717) is 6.54 Å². The summed E-state index contributed by atoms with van der Waals surface area (Å²) in [5, 5.41) is 8.13. The van der Waals surface area contributed by atoms with Crippen molar-refractivity contribution in [3.8, 4) is 0 Å². The van der Waals surface area contributed by atoms with Gasteiger partial charge in [-0.3, -0.25) is 4.79 Å². The van der Waals surface area contributed by atoms with E-state index in [0.717, 1.165) is 41.8 Å². The van der Waals surface area contributed by atoms with Crippen LogP contribution in [-0.2, 0) is 9.53 Å². The Morgan fingerprint density at radius 3 is 2.48 bits per heavy atom. The quantitative estimate of drug-likeness (QED) is 0.777. The molecule has 1 unspecified atom stereocenters. The lowest BCUT2D eigenvalue weighted by atomic mass is 10.1. The van der Waals surface area contributed by atoms with Gasteiger partial charge in [0.15, 0.2) is 0 Å². The lowest BCUT2D eigenvalue weighted by molar-refractivity contribution is -0.115. The molecule has 1 fully saturated rings. The Hall–Kier alpha value is -2.08. The molecular weight excluding hydrogens is 294 g/mol. The molecule has 0 radical (unpaired) electrons. The van der Waals surface area contributed by atoms with Crippen molar-refractivity contribution in [1.29, 1.82) is 0 Å². The first-order valence-electron chi connectivity index (χ1n) is 7.96. The summed E-state index contributed by atoms with van der Waals surface area (Å²) in [4.78, 5) is 23.7.